The van der Waals surface area contributed by atoms with Crippen LogP contribution < -0.4 is 10.6 Å². The van der Waals surface area contributed by atoms with E-state index in [4.69, 9.17) is 23.2 Å². The van der Waals surface area contributed by atoms with Crippen LogP contribution in [0, 0.1) is 6.92 Å². The Morgan fingerprint density at radius 2 is 1.83 bits per heavy atom. The van der Waals surface area contributed by atoms with E-state index in [9.17, 15) is 0 Å². The molecule has 4 nitrogen and oxygen atoms in total. The Morgan fingerprint density at radius 3 is 2.56 bits per heavy atom. The zero-order chi connectivity index (χ0) is 13.1. The number of hydrogen-bond donors (Lipinski definition) is 2. The average molecular weight is 283 g/mol. The van der Waals surface area contributed by atoms with Crippen LogP contribution in [-0.2, 0) is 0 Å². The van der Waals surface area contributed by atoms with Gasteiger partial charge in [-0.25, -0.2) is 9.97 Å². The fraction of sp³-hybridized carbons (Fsp3) is 0.167. The summed E-state index contributed by atoms with van der Waals surface area (Å²) in [5.74, 6) is 1.46. The molecule has 0 spiro atoms. The van der Waals surface area contributed by atoms with Crippen LogP contribution in [0.4, 0.5) is 17.3 Å². The highest BCUT2D eigenvalue weighted by Crippen LogP contribution is 2.32. The first-order valence-electron chi connectivity index (χ1n) is 5.34. The second-order valence-electron chi connectivity index (χ2n) is 3.67. The van der Waals surface area contributed by atoms with E-state index in [1.165, 1.54) is 6.33 Å². The number of hydrogen-bond acceptors (Lipinski definition) is 4. The van der Waals surface area contributed by atoms with E-state index < -0.39 is 0 Å². The van der Waals surface area contributed by atoms with E-state index in [1.54, 1.807) is 6.07 Å². The molecule has 0 amide bonds. The maximum Gasteiger partial charge on any atom is 0.138 e. The van der Waals surface area contributed by atoms with Crippen molar-refractivity contribution >= 4 is 40.5 Å². The third-order valence-corrected chi connectivity index (χ3v) is 3.34. The molecule has 1 aromatic carbocycles. The van der Waals surface area contributed by atoms with Gasteiger partial charge in [-0.05, 0) is 19.1 Å². The second-order valence-corrected chi connectivity index (χ2v) is 4.46. The van der Waals surface area contributed by atoms with E-state index in [0.717, 1.165) is 11.4 Å². The Labute approximate surface area is 115 Å². The van der Waals surface area contributed by atoms with Crippen LogP contribution in [0.5, 0.6) is 0 Å². The zero-order valence-electron chi connectivity index (χ0n) is 9.96. The highest BCUT2D eigenvalue weighted by atomic mass is 35.5. The Balaban J connectivity index is 2.37. The van der Waals surface area contributed by atoms with Crippen LogP contribution >= 0.6 is 23.2 Å². The zero-order valence-corrected chi connectivity index (χ0v) is 11.5. The lowest BCUT2D eigenvalue weighted by Gasteiger charge is -2.12. The SMILES string of the molecule is CNc1ncnc(Nc2cccc(Cl)c2Cl)c1C. The van der Waals surface area contributed by atoms with Gasteiger partial charge in [0.05, 0.1) is 15.7 Å². The fourth-order valence-electron chi connectivity index (χ4n) is 1.56. The van der Waals surface area contributed by atoms with Crippen molar-refractivity contribution in [3.63, 3.8) is 0 Å². The van der Waals surface area contributed by atoms with Crippen molar-refractivity contribution in [2.75, 3.05) is 17.7 Å². The maximum atomic E-state index is 6.12. The molecule has 0 aliphatic rings. The van der Waals surface area contributed by atoms with E-state index in [0.29, 0.717) is 21.6 Å². The number of halogens is 2. The summed E-state index contributed by atoms with van der Waals surface area (Å²) in [7, 11) is 1.81. The molecule has 0 saturated heterocycles. The molecule has 2 aromatic rings. The minimum Gasteiger partial charge on any atom is -0.373 e. The molecule has 2 N–H and O–H groups in total. The summed E-state index contributed by atoms with van der Waals surface area (Å²) in [6, 6.07) is 5.40. The van der Waals surface area contributed by atoms with Crippen molar-refractivity contribution < 1.29 is 0 Å². The molecular weight excluding hydrogens is 271 g/mol. The normalized spacial score (nSPS) is 10.2. The molecule has 0 atom stereocenters. The van der Waals surface area contributed by atoms with Gasteiger partial charge in [0.2, 0.25) is 0 Å². The number of nitrogens with zero attached hydrogens (tertiary/aromatic N) is 2. The van der Waals surface area contributed by atoms with Gasteiger partial charge < -0.3 is 10.6 Å². The van der Waals surface area contributed by atoms with Gasteiger partial charge in [-0.1, -0.05) is 29.3 Å². The molecule has 0 fully saturated rings. The topological polar surface area (TPSA) is 49.8 Å². The molecule has 0 bridgehead atoms. The predicted octanol–water partition coefficient (Wildman–Crippen LogP) is 3.88. The molecule has 18 heavy (non-hydrogen) atoms. The number of anilines is 3. The van der Waals surface area contributed by atoms with E-state index in [-0.39, 0.29) is 0 Å². The molecule has 6 heteroatoms. The molecular formula is C12H12Cl2N4. The predicted molar refractivity (Wildman–Crippen MR) is 76.1 cm³/mol. The molecule has 0 unspecified atom stereocenters. The van der Waals surface area contributed by atoms with Gasteiger partial charge in [0, 0.05) is 12.6 Å². The van der Waals surface area contributed by atoms with Crippen molar-refractivity contribution in [1.29, 1.82) is 0 Å². The van der Waals surface area contributed by atoms with Gasteiger partial charge in [-0.3, -0.25) is 0 Å². The number of aromatic nitrogens is 2. The second kappa shape index (κ2) is 5.42. The monoisotopic (exact) mass is 282 g/mol. The van der Waals surface area contributed by atoms with Crippen LogP contribution in [0.15, 0.2) is 24.5 Å². The minimum absolute atomic E-state index is 0.475. The van der Waals surface area contributed by atoms with Crippen molar-refractivity contribution in [1.82, 2.24) is 9.97 Å². The summed E-state index contributed by atoms with van der Waals surface area (Å²) in [5.41, 5.74) is 1.63. The molecule has 1 heterocycles. The van der Waals surface area contributed by atoms with Crippen LogP contribution in [0.3, 0.4) is 0 Å². The lowest BCUT2D eigenvalue weighted by molar-refractivity contribution is 1.12. The third kappa shape index (κ3) is 2.49. The first-order valence-corrected chi connectivity index (χ1v) is 6.09. The average Bonchev–Trinajstić information content (AvgIpc) is 2.37. The standard InChI is InChI=1S/C12H12Cl2N4/c1-7-11(15-2)16-6-17-12(7)18-9-5-3-4-8(13)10(9)14/h3-6H,1-2H3,(H2,15,16,17,18). The minimum atomic E-state index is 0.475. The lowest BCUT2D eigenvalue weighted by Crippen LogP contribution is -2.02. The van der Waals surface area contributed by atoms with E-state index in [2.05, 4.69) is 20.6 Å². The summed E-state index contributed by atoms with van der Waals surface area (Å²) in [4.78, 5) is 8.31. The van der Waals surface area contributed by atoms with Crippen molar-refractivity contribution in [2.24, 2.45) is 0 Å². The third-order valence-electron chi connectivity index (χ3n) is 2.53. The van der Waals surface area contributed by atoms with Crippen LogP contribution in [0.1, 0.15) is 5.56 Å². The molecule has 0 saturated carbocycles. The Hall–Kier alpha value is -1.52. The quantitative estimate of drug-likeness (QED) is 0.897. The summed E-state index contributed by atoms with van der Waals surface area (Å²) in [6.07, 6.45) is 1.49. The Bertz CT molecular complexity index is 572. The smallest absolute Gasteiger partial charge is 0.138 e. The molecule has 94 valence electrons. The van der Waals surface area contributed by atoms with Crippen LogP contribution in [-0.4, -0.2) is 17.0 Å². The summed E-state index contributed by atoms with van der Waals surface area (Å²) >= 11 is 12.1. The van der Waals surface area contributed by atoms with Gasteiger partial charge in [0.25, 0.3) is 0 Å². The maximum absolute atomic E-state index is 6.12. The van der Waals surface area contributed by atoms with Crippen molar-refractivity contribution in [3.8, 4) is 0 Å². The lowest BCUT2D eigenvalue weighted by atomic mass is 10.2. The largest absolute Gasteiger partial charge is 0.373 e. The van der Waals surface area contributed by atoms with Gasteiger partial charge in [-0.2, -0.15) is 0 Å². The van der Waals surface area contributed by atoms with Crippen LogP contribution in [0.2, 0.25) is 10.0 Å². The molecule has 2 rings (SSSR count). The number of benzene rings is 1. The van der Waals surface area contributed by atoms with Crippen molar-refractivity contribution in [2.45, 2.75) is 6.92 Å². The highest BCUT2D eigenvalue weighted by Gasteiger charge is 2.09. The van der Waals surface area contributed by atoms with E-state index in [1.807, 2.05) is 26.1 Å². The first-order chi connectivity index (χ1) is 8.63. The number of rotatable bonds is 3. The Morgan fingerprint density at radius 1 is 1.11 bits per heavy atom. The first kappa shape index (κ1) is 12.9. The summed E-state index contributed by atoms with van der Waals surface area (Å²) in [6.45, 7) is 1.92. The van der Waals surface area contributed by atoms with Crippen molar-refractivity contribution in [3.05, 3.63) is 40.1 Å². The van der Waals surface area contributed by atoms with Gasteiger partial charge in [0.15, 0.2) is 0 Å². The van der Waals surface area contributed by atoms with Gasteiger partial charge >= 0.3 is 0 Å². The van der Waals surface area contributed by atoms with Gasteiger partial charge in [0.1, 0.15) is 18.0 Å². The van der Waals surface area contributed by atoms with E-state index >= 15 is 0 Å². The fourth-order valence-corrected chi connectivity index (χ4v) is 1.90. The Kier molecular flexibility index (Phi) is 3.89. The highest BCUT2D eigenvalue weighted by molar-refractivity contribution is 6.43. The summed E-state index contributed by atoms with van der Waals surface area (Å²) < 4.78 is 0. The molecule has 0 radical (unpaired) electrons. The molecule has 0 aliphatic carbocycles. The van der Waals surface area contributed by atoms with Gasteiger partial charge in [-0.15, -0.1) is 0 Å². The molecule has 0 aliphatic heterocycles. The number of nitrogens with one attached hydrogen (secondary N) is 2. The van der Waals surface area contributed by atoms with Crippen LogP contribution in [0.25, 0.3) is 0 Å². The molecule has 1 aromatic heterocycles. The summed E-state index contributed by atoms with van der Waals surface area (Å²) in [5, 5.41) is 7.12.